The summed E-state index contributed by atoms with van der Waals surface area (Å²) in [6, 6.07) is 4.97. The summed E-state index contributed by atoms with van der Waals surface area (Å²) in [5.74, 6) is -22.3. The smallest absolute Gasteiger partial charge is 0.383 e. The molecule has 2 rings (SSSR count). The van der Waals surface area contributed by atoms with Crippen molar-refractivity contribution in [1.29, 1.82) is 0 Å². The molecule has 110 valence electrons. The Balaban J connectivity index is 2.41. The number of halogens is 7. The molecule has 0 amide bonds. The third-order valence-corrected chi connectivity index (χ3v) is 2.85. The molecule has 0 unspecified atom stereocenters. The number of anilines is 1. The quantitative estimate of drug-likeness (QED) is 0.382. The summed E-state index contributed by atoms with van der Waals surface area (Å²) in [4.78, 5) is 0. The minimum absolute atomic E-state index is 0.169. The van der Waals surface area contributed by atoms with E-state index < -0.39 is 29.2 Å². The average molecular weight is 301 g/mol. The standard InChI is InChI=1S/C10H6F7N3/c11-7(12)8(13,14)10(17,9(7,15)16)20-19-6-4-2-1-3-5(6)18/h1-4H,18H2. The van der Waals surface area contributed by atoms with Crippen molar-refractivity contribution in [2.45, 2.75) is 23.6 Å². The lowest BCUT2D eigenvalue weighted by atomic mass is 9.76. The molecule has 0 aromatic heterocycles. The van der Waals surface area contributed by atoms with Crippen molar-refractivity contribution in [3.63, 3.8) is 0 Å². The summed E-state index contributed by atoms with van der Waals surface area (Å²) in [6.45, 7) is 0. The van der Waals surface area contributed by atoms with Gasteiger partial charge in [-0.1, -0.05) is 12.1 Å². The lowest BCUT2D eigenvalue weighted by Crippen LogP contribution is -2.83. The van der Waals surface area contributed by atoms with E-state index in [-0.39, 0.29) is 5.69 Å². The first-order valence-electron chi connectivity index (χ1n) is 5.09. The second-order valence-corrected chi connectivity index (χ2v) is 4.10. The van der Waals surface area contributed by atoms with Crippen LogP contribution in [-0.4, -0.2) is 23.6 Å². The molecule has 0 heterocycles. The van der Waals surface area contributed by atoms with Crippen LogP contribution in [0.25, 0.3) is 0 Å². The van der Waals surface area contributed by atoms with Crippen LogP contribution in [0.15, 0.2) is 34.5 Å². The maximum absolute atomic E-state index is 13.5. The van der Waals surface area contributed by atoms with Crippen LogP contribution in [0.4, 0.5) is 42.1 Å². The topological polar surface area (TPSA) is 50.7 Å². The lowest BCUT2D eigenvalue weighted by molar-refractivity contribution is -0.472. The maximum Gasteiger partial charge on any atom is 0.383 e. The zero-order valence-electron chi connectivity index (χ0n) is 9.43. The van der Waals surface area contributed by atoms with Crippen molar-refractivity contribution in [1.82, 2.24) is 0 Å². The summed E-state index contributed by atoms with van der Waals surface area (Å²) in [6.07, 6.45) is 0. The van der Waals surface area contributed by atoms with Gasteiger partial charge in [-0.15, -0.1) is 5.11 Å². The summed E-state index contributed by atoms with van der Waals surface area (Å²) >= 11 is 0. The Hall–Kier alpha value is -1.87. The van der Waals surface area contributed by atoms with E-state index in [1.165, 1.54) is 18.2 Å². The van der Waals surface area contributed by atoms with E-state index in [0.717, 1.165) is 6.07 Å². The number of hydrogen-bond donors (Lipinski definition) is 1. The van der Waals surface area contributed by atoms with Crippen LogP contribution in [0.3, 0.4) is 0 Å². The molecule has 1 fully saturated rings. The second kappa shape index (κ2) is 3.83. The molecule has 20 heavy (non-hydrogen) atoms. The molecule has 0 saturated heterocycles. The van der Waals surface area contributed by atoms with Crippen LogP contribution < -0.4 is 5.73 Å². The van der Waals surface area contributed by atoms with Gasteiger partial charge in [0.05, 0.1) is 5.69 Å². The van der Waals surface area contributed by atoms with E-state index in [4.69, 9.17) is 5.73 Å². The molecule has 0 spiro atoms. The van der Waals surface area contributed by atoms with Gasteiger partial charge in [0.1, 0.15) is 5.69 Å². The average Bonchev–Trinajstić information content (AvgIpc) is 2.36. The first kappa shape index (κ1) is 14.5. The molecule has 1 aromatic rings. The Kier molecular flexibility index (Phi) is 2.78. The van der Waals surface area contributed by atoms with Crippen LogP contribution in [0, 0.1) is 0 Å². The maximum atomic E-state index is 13.5. The van der Waals surface area contributed by atoms with Crippen LogP contribution in [0.1, 0.15) is 0 Å². The Labute approximate surface area is 107 Å². The number of alkyl halides is 7. The van der Waals surface area contributed by atoms with E-state index in [1.54, 1.807) is 0 Å². The van der Waals surface area contributed by atoms with Crippen LogP contribution in [-0.2, 0) is 0 Å². The largest absolute Gasteiger partial charge is 0.397 e. The van der Waals surface area contributed by atoms with Crippen LogP contribution >= 0.6 is 0 Å². The fourth-order valence-corrected chi connectivity index (χ4v) is 1.57. The first-order valence-corrected chi connectivity index (χ1v) is 5.09. The van der Waals surface area contributed by atoms with Gasteiger partial charge >= 0.3 is 23.6 Å². The van der Waals surface area contributed by atoms with E-state index >= 15 is 0 Å². The first-order chi connectivity index (χ1) is 8.99. The molecule has 0 aliphatic heterocycles. The molecule has 2 N–H and O–H groups in total. The number of azo groups is 1. The van der Waals surface area contributed by atoms with Gasteiger partial charge in [0.2, 0.25) is 0 Å². The number of rotatable bonds is 2. The second-order valence-electron chi connectivity index (χ2n) is 4.10. The van der Waals surface area contributed by atoms with E-state index in [9.17, 15) is 30.7 Å². The van der Waals surface area contributed by atoms with Crippen molar-refractivity contribution in [2.75, 3.05) is 5.73 Å². The van der Waals surface area contributed by atoms with E-state index in [2.05, 4.69) is 10.2 Å². The molecule has 0 radical (unpaired) electrons. The van der Waals surface area contributed by atoms with Crippen molar-refractivity contribution in [3.05, 3.63) is 24.3 Å². The highest BCUT2D eigenvalue weighted by Gasteiger charge is 3.01. The number of nitrogens with zero attached hydrogens (tertiary/aromatic N) is 2. The fraction of sp³-hybridized carbons (Fsp3) is 0.400. The Bertz CT molecular complexity index is 552. The van der Waals surface area contributed by atoms with Gasteiger partial charge in [-0.2, -0.15) is 31.5 Å². The van der Waals surface area contributed by atoms with Gasteiger partial charge in [-0.05, 0) is 12.1 Å². The SMILES string of the molecule is Nc1ccccc1N=NC1(F)C(F)(F)C(F)(F)C1(F)F. The fourth-order valence-electron chi connectivity index (χ4n) is 1.57. The van der Waals surface area contributed by atoms with Gasteiger partial charge in [0.15, 0.2) is 0 Å². The van der Waals surface area contributed by atoms with Gasteiger partial charge < -0.3 is 5.73 Å². The molecule has 10 heteroatoms. The minimum Gasteiger partial charge on any atom is -0.397 e. The molecule has 1 aromatic carbocycles. The predicted molar refractivity (Wildman–Crippen MR) is 54.1 cm³/mol. The number of benzene rings is 1. The predicted octanol–water partition coefficient (Wildman–Crippen LogP) is 3.94. The van der Waals surface area contributed by atoms with Crippen molar-refractivity contribution in [2.24, 2.45) is 10.2 Å². The number of hydrogen-bond acceptors (Lipinski definition) is 3. The summed E-state index contributed by atoms with van der Waals surface area (Å²) in [7, 11) is 0. The lowest BCUT2D eigenvalue weighted by Gasteiger charge is -2.50. The molecule has 3 nitrogen and oxygen atoms in total. The Morgan fingerprint density at radius 3 is 1.80 bits per heavy atom. The zero-order chi connectivity index (χ0) is 15.4. The number of para-hydroxylation sites is 1. The van der Waals surface area contributed by atoms with E-state index in [0.29, 0.717) is 0 Å². The van der Waals surface area contributed by atoms with Gasteiger partial charge in [0.25, 0.3) is 0 Å². The van der Waals surface area contributed by atoms with Crippen molar-refractivity contribution < 1.29 is 30.7 Å². The highest BCUT2D eigenvalue weighted by molar-refractivity contribution is 5.61. The zero-order valence-corrected chi connectivity index (χ0v) is 9.43. The van der Waals surface area contributed by atoms with Gasteiger partial charge in [-0.3, -0.25) is 0 Å². The highest BCUT2D eigenvalue weighted by atomic mass is 19.4. The Morgan fingerprint density at radius 2 is 1.30 bits per heavy atom. The molecule has 1 aliphatic rings. The number of nitrogen functional groups attached to an aromatic ring is 1. The number of nitrogens with two attached hydrogens (primary N) is 1. The molecular formula is C10H6F7N3. The van der Waals surface area contributed by atoms with Crippen molar-refractivity contribution >= 4 is 11.4 Å². The molecule has 0 atom stereocenters. The summed E-state index contributed by atoms with van der Waals surface area (Å²) < 4.78 is 90.0. The molecule has 1 aliphatic carbocycles. The molecule has 0 bridgehead atoms. The third kappa shape index (κ3) is 1.41. The third-order valence-electron chi connectivity index (χ3n) is 2.85. The monoisotopic (exact) mass is 301 g/mol. The van der Waals surface area contributed by atoms with Crippen molar-refractivity contribution in [3.8, 4) is 0 Å². The van der Waals surface area contributed by atoms with Crippen LogP contribution in [0.5, 0.6) is 0 Å². The molecular weight excluding hydrogens is 295 g/mol. The minimum atomic E-state index is -5.84. The molecule has 1 saturated carbocycles. The van der Waals surface area contributed by atoms with Gasteiger partial charge in [0, 0.05) is 0 Å². The summed E-state index contributed by atoms with van der Waals surface area (Å²) in [5, 5.41) is 4.88. The highest BCUT2D eigenvalue weighted by Crippen LogP contribution is 2.69. The van der Waals surface area contributed by atoms with E-state index in [1.807, 2.05) is 0 Å². The normalized spacial score (nSPS) is 25.4. The summed E-state index contributed by atoms with van der Waals surface area (Å²) in [5.41, 5.74) is 4.73. The van der Waals surface area contributed by atoms with Crippen LogP contribution in [0.2, 0.25) is 0 Å². The Morgan fingerprint density at radius 1 is 0.800 bits per heavy atom. The van der Waals surface area contributed by atoms with Gasteiger partial charge in [-0.25, -0.2) is 4.39 Å².